The highest BCUT2D eigenvalue weighted by Crippen LogP contribution is 2.14. The zero-order valence-electron chi connectivity index (χ0n) is 8.94. The van der Waals surface area contributed by atoms with Gasteiger partial charge in [-0.15, -0.1) is 0 Å². The number of hydrogen-bond donors (Lipinski definition) is 1. The Labute approximate surface area is 79.5 Å². The summed E-state index contributed by atoms with van der Waals surface area (Å²) in [6, 6.07) is -0.0348. The van der Waals surface area contributed by atoms with Gasteiger partial charge in [0.1, 0.15) is 0 Å². The molecule has 0 spiro atoms. The predicted molar refractivity (Wildman–Crippen MR) is 50.3 cm³/mol. The standard InChI is InChI=1S/C9H19NO3/c1-6(10(3)4)8(7(2)11)9(12)13-5/h6-8,11H,1-5H3. The lowest BCUT2D eigenvalue weighted by atomic mass is 9.95. The molecule has 4 nitrogen and oxygen atoms in total. The van der Waals surface area contributed by atoms with Crippen LogP contribution in [-0.4, -0.2) is 49.3 Å². The van der Waals surface area contributed by atoms with Gasteiger partial charge in [-0.1, -0.05) is 0 Å². The van der Waals surface area contributed by atoms with Crippen molar-refractivity contribution < 1.29 is 14.6 Å². The third kappa shape index (κ3) is 3.32. The summed E-state index contributed by atoms with van der Waals surface area (Å²) in [4.78, 5) is 13.2. The van der Waals surface area contributed by atoms with E-state index in [0.29, 0.717) is 0 Å². The number of ether oxygens (including phenoxy) is 1. The summed E-state index contributed by atoms with van der Waals surface area (Å²) in [5.41, 5.74) is 0. The number of esters is 1. The lowest BCUT2D eigenvalue weighted by molar-refractivity contribution is -0.151. The molecule has 4 heteroatoms. The van der Waals surface area contributed by atoms with Crippen LogP contribution in [0.2, 0.25) is 0 Å². The summed E-state index contributed by atoms with van der Waals surface area (Å²) in [5.74, 6) is -0.851. The SMILES string of the molecule is COC(=O)C(C(C)O)C(C)N(C)C. The van der Waals surface area contributed by atoms with Gasteiger partial charge < -0.3 is 14.7 Å². The minimum absolute atomic E-state index is 0.0348. The molecule has 0 amide bonds. The molecule has 3 atom stereocenters. The Kier molecular flexibility index (Phi) is 4.95. The van der Waals surface area contributed by atoms with Gasteiger partial charge in [-0.3, -0.25) is 4.79 Å². The Hall–Kier alpha value is -0.610. The van der Waals surface area contributed by atoms with Gasteiger partial charge in [0, 0.05) is 6.04 Å². The van der Waals surface area contributed by atoms with E-state index in [0.717, 1.165) is 0 Å². The van der Waals surface area contributed by atoms with Crippen molar-refractivity contribution in [2.45, 2.75) is 26.0 Å². The Bertz CT molecular complexity index is 168. The Morgan fingerprint density at radius 3 is 2.08 bits per heavy atom. The Balaban J connectivity index is 4.51. The summed E-state index contributed by atoms with van der Waals surface area (Å²) in [5, 5.41) is 9.41. The molecule has 0 aromatic rings. The average Bonchev–Trinajstić information content (AvgIpc) is 2.03. The fourth-order valence-electron chi connectivity index (χ4n) is 1.25. The molecule has 0 bridgehead atoms. The Morgan fingerprint density at radius 1 is 1.38 bits per heavy atom. The van der Waals surface area contributed by atoms with E-state index in [2.05, 4.69) is 4.74 Å². The molecule has 0 aromatic heterocycles. The summed E-state index contributed by atoms with van der Waals surface area (Å²) in [6.45, 7) is 3.48. The highest BCUT2D eigenvalue weighted by atomic mass is 16.5. The van der Waals surface area contributed by atoms with Gasteiger partial charge in [0.25, 0.3) is 0 Å². The van der Waals surface area contributed by atoms with Crippen molar-refractivity contribution in [3.05, 3.63) is 0 Å². The molecule has 0 aliphatic heterocycles. The summed E-state index contributed by atoms with van der Waals surface area (Å²) < 4.78 is 4.62. The second-order valence-corrected chi connectivity index (χ2v) is 3.49. The second-order valence-electron chi connectivity index (χ2n) is 3.49. The van der Waals surface area contributed by atoms with Crippen molar-refractivity contribution in [1.82, 2.24) is 4.90 Å². The molecule has 0 aliphatic rings. The van der Waals surface area contributed by atoms with Gasteiger partial charge in [0.05, 0.1) is 19.1 Å². The lowest BCUT2D eigenvalue weighted by Crippen LogP contribution is -2.43. The van der Waals surface area contributed by atoms with Crippen molar-refractivity contribution in [1.29, 1.82) is 0 Å². The molecule has 0 rings (SSSR count). The average molecular weight is 189 g/mol. The summed E-state index contributed by atoms with van der Waals surface area (Å²) >= 11 is 0. The van der Waals surface area contributed by atoms with Gasteiger partial charge in [0.2, 0.25) is 0 Å². The fraction of sp³-hybridized carbons (Fsp3) is 0.889. The predicted octanol–water partition coefficient (Wildman–Crippen LogP) is 0.106. The minimum atomic E-state index is -0.690. The normalized spacial score (nSPS) is 18.1. The third-order valence-electron chi connectivity index (χ3n) is 2.33. The van der Waals surface area contributed by atoms with E-state index in [9.17, 15) is 9.90 Å². The molecule has 1 N–H and O–H groups in total. The van der Waals surface area contributed by atoms with Gasteiger partial charge in [0.15, 0.2) is 0 Å². The van der Waals surface area contributed by atoms with Crippen LogP contribution in [0.3, 0.4) is 0 Å². The first-order chi connectivity index (χ1) is 5.91. The van der Waals surface area contributed by atoms with Gasteiger partial charge in [-0.25, -0.2) is 0 Å². The van der Waals surface area contributed by atoms with E-state index in [1.807, 2.05) is 25.9 Å². The van der Waals surface area contributed by atoms with E-state index in [1.165, 1.54) is 7.11 Å². The molecule has 0 saturated carbocycles. The van der Waals surface area contributed by atoms with Crippen molar-refractivity contribution >= 4 is 5.97 Å². The first kappa shape index (κ1) is 12.4. The monoisotopic (exact) mass is 189 g/mol. The number of hydrogen-bond acceptors (Lipinski definition) is 4. The fourth-order valence-corrected chi connectivity index (χ4v) is 1.25. The number of carbonyl (C=O) groups excluding carboxylic acids is 1. The first-order valence-corrected chi connectivity index (χ1v) is 4.34. The van der Waals surface area contributed by atoms with Crippen molar-refractivity contribution in [3.63, 3.8) is 0 Å². The van der Waals surface area contributed by atoms with Crippen LogP contribution in [0.15, 0.2) is 0 Å². The van der Waals surface area contributed by atoms with Gasteiger partial charge >= 0.3 is 5.97 Å². The van der Waals surface area contributed by atoms with Crippen LogP contribution in [0.5, 0.6) is 0 Å². The third-order valence-corrected chi connectivity index (χ3v) is 2.33. The molecule has 3 unspecified atom stereocenters. The molecule has 0 radical (unpaired) electrons. The molecule has 0 heterocycles. The highest BCUT2D eigenvalue weighted by Gasteiger charge is 2.31. The van der Waals surface area contributed by atoms with Crippen LogP contribution in [0.4, 0.5) is 0 Å². The topological polar surface area (TPSA) is 49.8 Å². The van der Waals surface area contributed by atoms with Crippen LogP contribution < -0.4 is 0 Å². The number of aliphatic hydroxyl groups excluding tert-OH is 1. The molecular weight excluding hydrogens is 170 g/mol. The van der Waals surface area contributed by atoms with E-state index in [-0.39, 0.29) is 12.0 Å². The van der Waals surface area contributed by atoms with Crippen molar-refractivity contribution in [2.24, 2.45) is 5.92 Å². The molecular formula is C9H19NO3. The van der Waals surface area contributed by atoms with Crippen LogP contribution in [0.1, 0.15) is 13.8 Å². The Morgan fingerprint density at radius 2 is 1.85 bits per heavy atom. The largest absolute Gasteiger partial charge is 0.469 e. The van der Waals surface area contributed by atoms with E-state index < -0.39 is 12.0 Å². The number of aliphatic hydroxyl groups is 1. The van der Waals surface area contributed by atoms with Crippen LogP contribution in [-0.2, 0) is 9.53 Å². The molecule has 13 heavy (non-hydrogen) atoms. The molecule has 0 fully saturated rings. The van der Waals surface area contributed by atoms with Gasteiger partial charge in [-0.05, 0) is 27.9 Å². The summed E-state index contributed by atoms with van der Waals surface area (Å²) in [6.07, 6.45) is -0.690. The summed E-state index contributed by atoms with van der Waals surface area (Å²) in [7, 11) is 5.06. The maximum Gasteiger partial charge on any atom is 0.312 e. The zero-order valence-corrected chi connectivity index (χ0v) is 8.94. The maximum atomic E-state index is 11.3. The van der Waals surface area contributed by atoms with Gasteiger partial charge in [-0.2, -0.15) is 0 Å². The van der Waals surface area contributed by atoms with Crippen LogP contribution in [0, 0.1) is 5.92 Å². The quantitative estimate of drug-likeness (QED) is 0.638. The number of rotatable bonds is 4. The maximum absolute atomic E-state index is 11.3. The van der Waals surface area contributed by atoms with E-state index >= 15 is 0 Å². The van der Waals surface area contributed by atoms with Crippen LogP contribution in [0.25, 0.3) is 0 Å². The van der Waals surface area contributed by atoms with Crippen molar-refractivity contribution in [2.75, 3.05) is 21.2 Å². The van der Waals surface area contributed by atoms with Crippen LogP contribution >= 0.6 is 0 Å². The molecule has 0 aliphatic carbocycles. The lowest BCUT2D eigenvalue weighted by Gasteiger charge is -2.29. The first-order valence-electron chi connectivity index (χ1n) is 4.34. The smallest absolute Gasteiger partial charge is 0.312 e. The molecule has 0 aromatic carbocycles. The number of nitrogens with zero attached hydrogens (tertiary/aromatic N) is 1. The second kappa shape index (κ2) is 5.19. The van der Waals surface area contributed by atoms with E-state index in [1.54, 1.807) is 6.92 Å². The molecule has 0 saturated heterocycles. The zero-order chi connectivity index (χ0) is 10.6. The van der Waals surface area contributed by atoms with E-state index in [4.69, 9.17) is 0 Å². The van der Waals surface area contributed by atoms with Crippen molar-refractivity contribution in [3.8, 4) is 0 Å². The minimum Gasteiger partial charge on any atom is -0.469 e. The number of carbonyl (C=O) groups is 1. The molecule has 78 valence electrons. The number of methoxy groups -OCH3 is 1. The highest BCUT2D eigenvalue weighted by molar-refractivity contribution is 5.73.